The van der Waals surface area contributed by atoms with E-state index in [0.717, 1.165) is 18.9 Å². The molecule has 1 N–H and O–H groups in total. The van der Waals surface area contributed by atoms with E-state index in [1.54, 1.807) is 0 Å². The molecule has 0 saturated carbocycles. The largest absolute Gasteiger partial charge is 0.327 e. The smallest absolute Gasteiger partial charge is 0.132 e. The third kappa shape index (κ3) is 3.82. The Bertz CT molecular complexity index is 563. The third-order valence-electron chi connectivity index (χ3n) is 3.69. The number of hydrogen-bond donors (Lipinski definition) is 1. The minimum Gasteiger partial charge on any atom is -0.327 e. The lowest BCUT2D eigenvalue weighted by Crippen LogP contribution is -2.19. The molecule has 1 heterocycles. The molecule has 0 bridgehead atoms. The van der Waals surface area contributed by atoms with Crippen molar-refractivity contribution in [3.63, 3.8) is 0 Å². The quantitative estimate of drug-likeness (QED) is 0.860. The van der Waals surface area contributed by atoms with Crippen LogP contribution in [-0.4, -0.2) is 18.1 Å². The van der Waals surface area contributed by atoms with Crippen molar-refractivity contribution in [1.82, 2.24) is 10.3 Å². The molecule has 0 spiro atoms. The maximum absolute atomic E-state index is 4.65. The van der Waals surface area contributed by atoms with E-state index in [1.807, 2.05) is 6.20 Å². The van der Waals surface area contributed by atoms with Gasteiger partial charge in [-0.3, -0.25) is 0 Å². The van der Waals surface area contributed by atoms with Gasteiger partial charge >= 0.3 is 0 Å². The number of aryl methyl sites for hydroxylation is 1. The van der Waals surface area contributed by atoms with Gasteiger partial charge in [-0.2, -0.15) is 0 Å². The summed E-state index contributed by atoms with van der Waals surface area (Å²) in [5.41, 5.74) is 3.68. The SMILES string of the molecule is CCNC(C)c1ccc(N(CC)c2cccc(C)c2)nc1. The molecule has 1 atom stereocenters. The van der Waals surface area contributed by atoms with Crippen LogP contribution in [0.25, 0.3) is 0 Å². The van der Waals surface area contributed by atoms with Crippen molar-refractivity contribution < 1.29 is 0 Å². The zero-order chi connectivity index (χ0) is 15.2. The Kier molecular flexibility index (Phi) is 5.34. The second kappa shape index (κ2) is 7.23. The molecule has 112 valence electrons. The summed E-state index contributed by atoms with van der Waals surface area (Å²) in [6.07, 6.45) is 1.97. The second-order valence-electron chi connectivity index (χ2n) is 5.31. The van der Waals surface area contributed by atoms with Gasteiger partial charge in [-0.15, -0.1) is 0 Å². The second-order valence-corrected chi connectivity index (χ2v) is 5.31. The normalized spacial score (nSPS) is 12.2. The lowest BCUT2D eigenvalue weighted by molar-refractivity contribution is 0.596. The van der Waals surface area contributed by atoms with Gasteiger partial charge in [0, 0.05) is 24.5 Å². The highest BCUT2D eigenvalue weighted by atomic mass is 15.2. The summed E-state index contributed by atoms with van der Waals surface area (Å²) >= 11 is 0. The highest BCUT2D eigenvalue weighted by molar-refractivity contribution is 5.60. The molecule has 3 heteroatoms. The fourth-order valence-corrected chi connectivity index (χ4v) is 2.51. The van der Waals surface area contributed by atoms with Crippen LogP contribution in [0.3, 0.4) is 0 Å². The number of hydrogen-bond acceptors (Lipinski definition) is 3. The number of nitrogens with zero attached hydrogens (tertiary/aromatic N) is 2. The van der Waals surface area contributed by atoms with E-state index in [2.05, 4.69) is 79.3 Å². The van der Waals surface area contributed by atoms with Crippen molar-refractivity contribution in [2.75, 3.05) is 18.0 Å². The highest BCUT2D eigenvalue weighted by Gasteiger charge is 2.10. The molecular formula is C18H25N3. The van der Waals surface area contributed by atoms with E-state index in [-0.39, 0.29) is 0 Å². The molecule has 0 radical (unpaired) electrons. The van der Waals surface area contributed by atoms with Crippen molar-refractivity contribution in [3.8, 4) is 0 Å². The molecule has 2 aromatic rings. The molecule has 0 aliphatic rings. The molecule has 1 unspecified atom stereocenters. The van der Waals surface area contributed by atoms with E-state index in [4.69, 9.17) is 0 Å². The molecule has 21 heavy (non-hydrogen) atoms. The molecular weight excluding hydrogens is 258 g/mol. The highest BCUT2D eigenvalue weighted by Crippen LogP contribution is 2.25. The number of anilines is 2. The number of pyridine rings is 1. The Balaban J connectivity index is 2.23. The van der Waals surface area contributed by atoms with Crippen molar-refractivity contribution in [3.05, 3.63) is 53.7 Å². The number of benzene rings is 1. The van der Waals surface area contributed by atoms with E-state index < -0.39 is 0 Å². The van der Waals surface area contributed by atoms with Crippen LogP contribution in [0.1, 0.15) is 37.9 Å². The molecule has 0 aliphatic heterocycles. The standard InChI is InChI=1S/C18H25N3/c1-5-19-15(4)16-10-11-18(20-13-16)21(6-2)17-9-7-8-14(3)12-17/h7-13,15,19H,5-6H2,1-4H3. The van der Waals surface area contributed by atoms with Crippen LogP contribution in [0, 0.1) is 6.92 Å². The fourth-order valence-electron chi connectivity index (χ4n) is 2.51. The van der Waals surface area contributed by atoms with E-state index in [0.29, 0.717) is 6.04 Å². The summed E-state index contributed by atoms with van der Waals surface area (Å²) in [5.74, 6) is 0.996. The van der Waals surface area contributed by atoms with E-state index in [1.165, 1.54) is 16.8 Å². The lowest BCUT2D eigenvalue weighted by Gasteiger charge is -2.23. The molecule has 0 saturated heterocycles. The van der Waals surface area contributed by atoms with Gasteiger partial charge in [-0.1, -0.05) is 25.1 Å². The summed E-state index contributed by atoms with van der Waals surface area (Å²) in [7, 11) is 0. The lowest BCUT2D eigenvalue weighted by atomic mass is 10.1. The maximum atomic E-state index is 4.65. The summed E-state index contributed by atoms with van der Waals surface area (Å²) in [5, 5.41) is 3.41. The van der Waals surface area contributed by atoms with Crippen molar-refractivity contribution >= 4 is 11.5 Å². The first-order chi connectivity index (χ1) is 10.2. The number of nitrogens with one attached hydrogen (secondary N) is 1. The summed E-state index contributed by atoms with van der Waals surface area (Å²) in [6.45, 7) is 10.4. The van der Waals surface area contributed by atoms with Gasteiger partial charge in [0.2, 0.25) is 0 Å². The molecule has 3 nitrogen and oxygen atoms in total. The number of rotatable bonds is 6. The minimum atomic E-state index is 0.339. The Morgan fingerprint density at radius 3 is 2.57 bits per heavy atom. The molecule has 0 amide bonds. The van der Waals surface area contributed by atoms with Gasteiger partial charge in [0.1, 0.15) is 5.82 Å². The summed E-state index contributed by atoms with van der Waals surface area (Å²) in [6, 6.07) is 13.1. The topological polar surface area (TPSA) is 28.2 Å². The van der Waals surface area contributed by atoms with Crippen LogP contribution in [0.2, 0.25) is 0 Å². The Morgan fingerprint density at radius 2 is 2.00 bits per heavy atom. The minimum absolute atomic E-state index is 0.339. The first-order valence-electron chi connectivity index (χ1n) is 7.69. The first-order valence-corrected chi connectivity index (χ1v) is 7.69. The molecule has 0 fully saturated rings. The van der Waals surface area contributed by atoms with Gasteiger partial charge in [-0.25, -0.2) is 4.98 Å². The van der Waals surface area contributed by atoms with Crippen LogP contribution in [0.5, 0.6) is 0 Å². The fraction of sp³-hybridized carbons (Fsp3) is 0.389. The van der Waals surface area contributed by atoms with Crippen LogP contribution < -0.4 is 10.2 Å². The first kappa shape index (κ1) is 15.5. The molecule has 2 rings (SSSR count). The van der Waals surface area contributed by atoms with E-state index >= 15 is 0 Å². The third-order valence-corrected chi connectivity index (χ3v) is 3.69. The van der Waals surface area contributed by atoms with Gasteiger partial charge in [-0.05, 0) is 56.6 Å². The van der Waals surface area contributed by atoms with Gasteiger partial charge < -0.3 is 10.2 Å². The number of aromatic nitrogens is 1. The molecule has 1 aromatic carbocycles. The van der Waals surface area contributed by atoms with Crippen molar-refractivity contribution in [1.29, 1.82) is 0 Å². The van der Waals surface area contributed by atoms with Crippen LogP contribution in [0.15, 0.2) is 42.6 Å². The monoisotopic (exact) mass is 283 g/mol. The Morgan fingerprint density at radius 1 is 1.19 bits per heavy atom. The predicted molar refractivity (Wildman–Crippen MR) is 90.2 cm³/mol. The summed E-state index contributed by atoms with van der Waals surface area (Å²) < 4.78 is 0. The molecule has 0 aliphatic carbocycles. The van der Waals surface area contributed by atoms with Gasteiger partial charge in [0.05, 0.1) is 0 Å². The van der Waals surface area contributed by atoms with Crippen LogP contribution in [0.4, 0.5) is 11.5 Å². The zero-order valence-corrected chi connectivity index (χ0v) is 13.4. The van der Waals surface area contributed by atoms with Gasteiger partial charge in [0.25, 0.3) is 0 Å². The van der Waals surface area contributed by atoms with Crippen LogP contribution >= 0.6 is 0 Å². The van der Waals surface area contributed by atoms with Crippen molar-refractivity contribution in [2.45, 2.75) is 33.7 Å². The van der Waals surface area contributed by atoms with Crippen molar-refractivity contribution in [2.24, 2.45) is 0 Å². The zero-order valence-electron chi connectivity index (χ0n) is 13.4. The predicted octanol–water partition coefficient (Wildman–Crippen LogP) is 4.22. The van der Waals surface area contributed by atoms with Gasteiger partial charge in [0.15, 0.2) is 0 Å². The van der Waals surface area contributed by atoms with E-state index in [9.17, 15) is 0 Å². The van der Waals surface area contributed by atoms with Crippen LogP contribution in [-0.2, 0) is 0 Å². The summed E-state index contributed by atoms with van der Waals surface area (Å²) in [4.78, 5) is 6.88. The average molecular weight is 283 g/mol. The maximum Gasteiger partial charge on any atom is 0.132 e. The Labute approximate surface area is 128 Å². The average Bonchev–Trinajstić information content (AvgIpc) is 2.49. The molecule has 1 aromatic heterocycles. The Hall–Kier alpha value is -1.87.